The van der Waals surface area contributed by atoms with Gasteiger partial charge in [0.15, 0.2) is 5.43 Å². The van der Waals surface area contributed by atoms with E-state index in [-0.39, 0.29) is 21.1 Å². The highest BCUT2D eigenvalue weighted by Gasteiger charge is 2.16. The number of aromatic nitrogens is 1. The van der Waals surface area contributed by atoms with E-state index in [0.29, 0.717) is 0 Å². The van der Waals surface area contributed by atoms with Gasteiger partial charge in [0.1, 0.15) is 0 Å². The van der Waals surface area contributed by atoms with Crippen LogP contribution in [0, 0.1) is 0 Å². The van der Waals surface area contributed by atoms with Crippen molar-refractivity contribution in [2.24, 2.45) is 0 Å². The summed E-state index contributed by atoms with van der Waals surface area (Å²) in [6, 6.07) is 0. The van der Waals surface area contributed by atoms with E-state index < -0.39 is 11.9 Å². The van der Waals surface area contributed by atoms with Crippen molar-refractivity contribution in [1.29, 1.82) is 0 Å². The van der Waals surface area contributed by atoms with Gasteiger partial charge in [0.05, 0.1) is 10.2 Å². The number of pyridine rings is 1. The summed E-state index contributed by atoms with van der Waals surface area (Å²) < 4.78 is 24.9. The van der Waals surface area contributed by atoms with Crippen molar-refractivity contribution in [3.8, 4) is 0 Å². The van der Waals surface area contributed by atoms with Gasteiger partial charge >= 0.3 is 0 Å². The molecule has 1 N–H and O–H groups in total. The summed E-state index contributed by atoms with van der Waals surface area (Å²) >= 11 is 5.95. The first-order valence-electron chi connectivity index (χ1n) is 3.32. The fourth-order valence-electron chi connectivity index (χ4n) is 0.888. The van der Waals surface area contributed by atoms with Crippen LogP contribution in [-0.4, -0.2) is 4.98 Å². The van der Waals surface area contributed by atoms with Crippen LogP contribution >= 0.6 is 31.9 Å². The van der Waals surface area contributed by atoms with Crippen LogP contribution in [0.2, 0.25) is 0 Å². The minimum absolute atomic E-state index is 0.0596. The summed E-state index contributed by atoms with van der Waals surface area (Å²) in [4.78, 5) is 13.7. The van der Waals surface area contributed by atoms with Gasteiger partial charge in [-0.25, -0.2) is 8.78 Å². The summed E-state index contributed by atoms with van der Waals surface area (Å²) in [5.41, 5.74) is -0.680. The highest BCUT2D eigenvalue weighted by Crippen LogP contribution is 2.21. The molecule has 2 nitrogen and oxygen atoms in total. The van der Waals surface area contributed by atoms with Gasteiger partial charge in [0.2, 0.25) is 0 Å². The Kier molecular flexibility index (Phi) is 3.61. The molecule has 1 aromatic rings. The normalized spacial score (nSPS) is 10.8. The minimum atomic E-state index is -2.66. The lowest BCUT2D eigenvalue weighted by Crippen LogP contribution is -2.13. The van der Waals surface area contributed by atoms with Gasteiger partial charge in [-0.1, -0.05) is 15.9 Å². The molecule has 0 unspecified atom stereocenters. The van der Waals surface area contributed by atoms with Crippen LogP contribution in [0.25, 0.3) is 0 Å². The molecule has 72 valence electrons. The van der Waals surface area contributed by atoms with Crippen LogP contribution in [-0.2, 0) is 5.33 Å². The molecule has 6 heteroatoms. The lowest BCUT2D eigenvalue weighted by Gasteiger charge is -2.05. The minimum Gasteiger partial charge on any atom is -0.359 e. The Balaban J connectivity index is 3.39. The third kappa shape index (κ3) is 2.17. The Bertz CT molecular complexity index is 364. The number of alkyl halides is 3. The number of halogens is 4. The number of hydrogen-bond donors (Lipinski definition) is 1. The van der Waals surface area contributed by atoms with Crippen LogP contribution in [0.1, 0.15) is 17.7 Å². The van der Waals surface area contributed by atoms with Crippen molar-refractivity contribution in [2.45, 2.75) is 11.8 Å². The molecule has 1 heterocycles. The molecule has 1 rings (SSSR count). The van der Waals surface area contributed by atoms with E-state index in [9.17, 15) is 13.6 Å². The predicted octanol–water partition coefficient (Wildman–Crippen LogP) is 2.97. The van der Waals surface area contributed by atoms with Crippen molar-refractivity contribution >= 4 is 31.9 Å². The number of H-pyrrole nitrogens is 1. The Morgan fingerprint density at radius 3 is 2.62 bits per heavy atom. The zero-order chi connectivity index (χ0) is 10.0. The van der Waals surface area contributed by atoms with Crippen LogP contribution in [0.15, 0.2) is 15.5 Å². The molecule has 0 amide bonds. The van der Waals surface area contributed by atoms with Crippen molar-refractivity contribution < 1.29 is 8.78 Å². The van der Waals surface area contributed by atoms with Crippen molar-refractivity contribution in [3.63, 3.8) is 0 Å². The first-order valence-corrected chi connectivity index (χ1v) is 5.23. The SMILES string of the molecule is O=c1c(Br)c[nH]c(C(F)F)c1CBr. The number of hydrogen-bond acceptors (Lipinski definition) is 1. The van der Waals surface area contributed by atoms with Gasteiger partial charge in [-0.2, -0.15) is 0 Å². The molecule has 1 aromatic heterocycles. The molecule has 0 spiro atoms. The number of rotatable bonds is 2. The van der Waals surface area contributed by atoms with Gasteiger partial charge in [-0.15, -0.1) is 0 Å². The van der Waals surface area contributed by atoms with E-state index in [1.54, 1.807) is 0 Å². The van der Waals surface area contributed by atoms with E-state index in [1.165, 1.54) is 6.20 Å². The molecule has 0 fully saturated rings. The lowest BCUT2D eigenvalue weighted by molar-refractivity contribution is 0.145. The predicted molar refractivity (Wildman–Crippen MR) is 52.4 cm³/mol. The monoisotopic (exact) mass is 315 g/mol. The third-order valence-corrected chi connectivity index (χ3v) is 2.67. The Morgan fingerprint density at radius 2 is 2.15 bits per heavy atom. The summed E-state index contributed by atoms with van der Waals surface area (Å²) in [6.07, 6.45) is -1.44. The fraction of sp³-hybridized carbons (Fsp3) is 0.286. The second-order valence-corrected chi connectivity index (χ2v) is 3.71. The number of aromatic amines is 1. The van der Waals surface area contributed by atoms with Gasteiger partial charge in [0.25, 0.3) is 6.43 Å². The van der Waals surface area contributed by atoms with Gasteiger partial charge < -0.3 is 4.98 Å². The summed E-state index contributed by atoms with van der Waals surface area (Å²) in [5, 5.41) is 0.113. The van der Waals surface area contributed by atoms with E-state index >= 15 is 0 Å². The molecule has 0 aromatic carbocycles. The Hall–Kier alpha value is -0.230. The van der Waals surface area contributed by atoms with Gasteiger partial charge in [-0.05, 0) is 15.9 Å². The molecule has 0 saturated heterocycles. The van der Waals surface area contributed by atoms with Crippen LogP contribution in [0.3, 0.4) is 0 Å². The molecule has 13 heavy (non-hydrogen) atoms. The smallest absolute Gasteiger partial charge is 0.278 e. The van der Waals surface area contributed by atoms with E-state index in [2.05, 4.69) is 36.8 Å². The largest absolute Gasteiger partial charge is 0.359 e. The van der Waals surface area contributed by atoms with Crippen molar-refractivity contribution in [2.75, 3.05) is 0 Å². The molecule has 0 radical (unpaired) electrons. The fourth-order valence-corrected chi connectivity index (χ4v) is 1.80. The third-order valence-electron chi connectivity index (χ3n) is 1.52. The van der Waals surface area contributed by atoms with Crippen molar-refractivity contribution in [3.05, 3.63) is 32.2 Å². The Labute approximate surface area is 89.6 Å². The molecule has 0 bridgehead atoms. The molecular formula is C7H5Br2F2NO. The average Bonchev–Trinajstić information content (AvgIpc) is 2.09. The van der Waals surface area contributed by atoms with Gasteiger partial charge in [-0.3, -0.25) is 4.79 Å². The molecule has 0 aliphatic rings. The van der Waals surface area contributed by atoms with E-state index in [1.807, 2.05) is 0 Å². The first kappa shape index (κ1) is 10.8. The maximum absolute atomic E-state index is 12.3. The highest BCUT2D eigenvalue weighted by atomic mass is 79.9. The van der Waals surface area contributed by atoms with E-state index in [0.717, 1.165) is 0 Å². The summed E-state index contributed by atoms with van der Waals surface area (Å²) in [5.74, 6) is 0. The topological polar surface area (TPSA) is 32.9 Å². The van der Waals surface area contributed by atoms with Crippen LogP contribution < -0.4 is 5.43 Å². The second-order valence-electron chi connectivity index (χ2n) is 2.29. The zero-order valence-electron chi connectivity index (χ0n) is 6.28. The molecule has 0 aliphatic heterocycles. The summed E-state index contributed by atoms with van der Waals surface area (Å²) in [7, 11) is 0. The van der Waals surface area contributed by atoms with Gasteiger partial charge in [0, 0.05) is 17.1 Å². The molecule has 0 aliphatic carbocycles. The maximum atomic E-state index is 12.3. The maximum Gasteiger partial charge on any atom is 0.278 e. The zero-order valence-corrected chi connectivity index (χ0v) is 9.45. The highest BCUT2D eigenvalue weighted by molar-refractivity contribution is 9.10. The Morgan fingerprint density at radius 1 is 1.54 bits per heavy atom. The van der Waals surface area contributed by atoms with Crippen molar-refractivity contribution in [1.82, 2.24) is 4.98 Å². The second kappa shape index (κ2) is 4.32. The quantitative estimate of drug-likeness (QED) is 0.836. The average molecular weight is 317 g/mol. The first-order chi connectivity index (χ1) is 6.07. The van der Waals surface area contributed by atoms with Crippen LogP contribution in [0.4, 0.5) is 8.78 Å². The summed E-state index contributed by atoms with van der Waals surface area (Å²) in [6.45, 7) is 0. The molecule has 0 atom stereocenters. The molecule has 0 saturated carbocycles. The van der Waals surface area contributed by atoms with Crippen LogP contribution in [0.5, 0.6) is 0 Å². The molecular weight excluding hydrogens is 312 g/mol. The standard InChI is InChI=1S/C7H5Br2F2NO/c8-1-3-5(7(10)11)12-2-4(9)6(3)13/h2,7H,1H2,(H,12,13). The lowest BCUT2D eigenvalue weighted by atomic mass is 10.2. The van der Waals surface area contributed by atoms with E-state index in [4.69, 9.17) is 0 Å². The number of nitrogens with one attached hydrogen (secondary N) is 1.